The van der Waals surface area contributed by atoms with Gasteiger partial charge in [-0.3, -0.25) is 4.79 Å². The summed E-state index contributed by atoms with van der Waals surface area (Å²) in [5.41, 5.74) is 0.922. The molecule has 0 saturated carbocycles. The third-order valence-corrected chi connectivity index (χ3v) is 4.54. The van der Waals surface area contributed by atoms with Crippen molar-refractivity contribution >= 4 is 5.91 Å². The van der Waals surface area contributed by atoms with Gasteiger partial charge in [-0.25, -0.2) is 0 Å². The monoisotopic (exact) mass is 327 g/mol. The first-order valence-electron chi connectivity index (χ1n) is 8.55. The first kappa shape index (κ1) is 16.8. The zero-order valence-corrected chi connectivity index (χ0v) is 14.3. The van der Waals surface area contributed by atoms with Gasteiger partial charge in [0.15, 0.2) is 0 Å². The Bertz CT molecular complexity index is 649. The normalized spacial score (nSPS) is 21.2. The van der Waals surface area contributed by atoms with E-state index in [0.717, 1.165) is 24.2 Å². The van der Waals surface area contributed by atoms with Crippen LogP contribution >= 0.6 is 0 Å². The van der Waals surface area contributed by atoms with Crippen LogP contribution in [0.5, 0.6) is 0 Å². The fourth-order valence-electron chi connectivity index (χ4n) is 3.38. The van der Waals surface area contributed by atoms with Gasteiger partial charge in [-0.05, 0) is 44.4 Å². The third kappa shape index (κ3) is 4.26. The molecule has 2 atom stereocenters. The summed E-state index contributed by atoms with van der Waals surface area (Å²) in [6.07, 6.45) is 3.75. The summed E-state index contributed by atoms with van der Waals surface area (Å²) < 4.78 is 11.3. The van der Waals surface area contributed by atoms with Crippen molar-refractivity contribution in [3.8, 4) is 0 Å². The standard InChI is InChI=1S/C20H25NO3/c1-20(2)14-16(10-12-24-20)21-19(22)13-17(18-9-6-11-23-18)15-7-4-3-5-8-15/h3-9,11,16-17H,10,12-14H2,1-2H3,(H,21,22)/t16-,17-/m1/s1. The average molecular weight is 327 g/mol. The molecule has 1 fully saturated rings. The second-order valence-corrected chi connectivity index (χ2v) is 7.05. The smallest absolute Gasteiger partial charge is 0.221 e. The van der Waals surface area contributed by atoms with Gasteiger partial charge in [0.1, 0.15) is 5.76 Å². The van der Waals surface area contributed by atoms with Crippen molar-refractivity contribution in [3.05, 3.63) is 60.1 Å². The first-order chi connectivity index (χ1) is 11.5. The van der Waals surface area contributed by atoms with Crippen LogP contribution < -0.4 is 5.32 Å². The molecule has 4 heteroatoms. The number of ether oxygens (including phenoxy) is 1. The van der Waals surface area contributed by atoms with E-state index in [1.807, 2.05) is 42.5 Å². The minimum Gasteiger partial charge on any atom is -0.469 e. The molecular weight excluding hydrogens is 302 g/mol. The molecule has 1 aliphatic rings. The van der Waals surface area contributed by atoms with Gasteiger partial charge in [-0.2, -0.15) is 0 Å². The highest BCUT2D eigenvalue weighted by molar-refractivity contribution is 5.77. The van der Waals surface area contributed by atoms with Crippen molar-refractivity contribution < 1.29 is 13.9 Å². The lowest BCUT2D eigenvalue weighted by molar-refractivity contribution is -0.124. The van der Waals surface area contributed by atoms with E-state index in [9.17, 15) is 4.79 Å². The quantitative estimate of drug-likeness (QED) is 0.907. The molecule has 24 heavy (non-hydrogen) atoms. The van der Waals surface area contributed by atoms with Gasteiger partial charge in [0, 0.05) is 19.1 Å². The molecule has 1 aliphatic heterocycles. The topological polar surface area (TPSA) is 51.5 Å². The second-order valence-electron chi connectivity index (χ2n) is 7.05. The Kier molecular flexibility index (Phi) is 5.05. The number of hydrogen-bond donors (Lipinski definition) is 1. The van der Waals surface area contributed by atoms with E-state index >= 15 is 0 Å². The Morgan fingerprint density at radius 2 is 2.04 bits per heavy atom. The molecule has 2 heterocycles. The Morgan fingerprint density at radius 1 is 1.25 bits per heavy atom. The number of hydrogen-bond acceptors (Lipinski definition) is 3. The summed E-state index contributed by atoms with van der Waals surface area (Å²) in [7, 11) is 0. The molecular formula is C20H25NO3. The first-order valence-corrected chi connectivity index (χ1v) is 8.55. The fourth-order valence-corrected chi connectivity index (χ4v) is 3.38. The number of benzene rings is 1. The number of rotatable bonds is 5. The van der Waals surface area contributed by atoms with Crippen molar-refractivity contribution in [2.24, 2.45) is 0 Å². The summed E-state index contributed by atoms with van der Waals surface area (Å²) in [6, 6.07) is 14.0. The fraction of sp³-hybridized carbons (Fsp3) is 0.450. The van der Waals surface area contributed by atoms with Crippen molar-refractivity contribution in [2.45, 2.75) is 50.7 Å². The van der Waals surface area contributed by atoms with Crippen LogP contribution in [0.25, 0.3) is 0 Å². The van der Waals surface area contributed by atoms with Crippen LogP contribution in [-0.4, -0.2) is 24.2 Å². The minimum absolute atomic E-state index is 0.0583. The maximum absolute atomic E-state index is 12.6. The molecule has 0 aliphatic carbocycles. The molecule has 1 N–H and O–H groups in total. The van der Waals surface area contributed by atoms with Crippen molar-refractivity contribution in [3.63, 3.8) is 0 Å². The molecule has 3 rings (SSSR count). The van der Waals surface area contributed by atoms with Gasteiger partial charge in [-0.15, -0.1) is 0 Å². The average Bonchev–Trinajstić information content (AvgIpc) is 3.06. The number of nitrogens with one attached hydrogen (secondary N) is 1. The van der Waals surface area contributed by atoms with Crippen LogP contribution in [0.15, 0.2) is 53.1 Å². The van der Waals surface area contributed by atoms with Crippen LogP contribution in [0.2, 0.25) is 0 Å². The van der Waals surface area contributed by atoms with Crippen molar-refractivity contribution in [1.82, 2.24) is 5.32 Å². The predicted octanol–water partition coefficient (Wildman–Crippen LogP) is 3.88. The summed E-state index contributed by atoms with van der Waals surface area (Å²) >= 11 is 0. The zero-order chi connectivity index (χ0) is 17.0. The molecule has 4 nitrogen and oxygen atoms in total. The van der Waals surface area contributed by atoms with Gasteiger partial charge >= 0.3 is 0 Å². The van der Waals surface area contributed by atoms with E-state index in [4.69, 9.17) is 9.15 Å². The molecule has 0 unspecified atom stereocenters. The summed E-state index contributed by atoms with van der Waals surface area (Å²) in [4.78, 5) is 12.6. The van der Waals surface area contributed by atoms with E-state index in [-0.39, 0.29) is 23.5 Å². The van der Waals surface area contributed by atoms with E-state index in [1.165, 1.54) is 0 Å². The minimum atomic E-state index is -0.171. The van der Waals surface area contributed by atoms with E-state index < -0.39 is 0 Å². The number of carbonyl (C=O) groups excluding carboxylic acids is 1. The highest BCUT2D eigenvalue weighted by atomic mass is 16.5. The molecule has 1 aromatic carbocycles. The second kappa shape index (κ2) is 7.22. The number of carbonyl (C=O) groups is 1. The Hall–Kier alpha value is -2.07. The zero-order valence-electron chi connectivity index (χ0n) is 14.3. The SMILES string of the molecule is CC1(C)C[C@H](NC(=O)C[C@H](c2ccccc2)c2ccco2)CCO1. The van der Waals surface area contributed by atoms with Gasteiger partial charge in [0.05, 0.1) is 17.8 Å². The molecule has 2 aromatic rings. The van der Waals surface area contributed by atoms with E-state index in [2.05, 4.69) is 19.2 Å². The van der Waals surface area contributed by atoms with Gasteiger partial charge in [0.2, 0.25) is 5.91 Å². The molecule has 0 spiro atoms. The van der Waals surface area contributed by atoms with Crippen LogP contribution in [0.3, 0.4) is 0 Å². The predicted molar refractivity (Wildman–Crippen MR) is 92.8 cm³/mol. The summed E-state index contributed by atoms with van der Waals surface area (Å²) in [5.74, 6) is 0.820. The maximum Gasteiger partial charge on any atom is 0.221 e. The highest BCUT2D eigenvalue weighted by Crippen LogP contribution is 2.29. The van der Waals surface area contributed by atoms with Crippen LogP contribution in [0.1, 0.15) is 50.4 Å². The van der Waals surface area contributed by atoms with Crippen LogP contribution in [-0.2, 0) is 9.53 Å². The van der Waals surface area contributed by atoms with Gasteiger partial charge in [-0.1, -0.05) is 30.3 Å². The van der Waals surface area contributed by atoms with Crippen LogP contribution in [0.4, 0.5) is 0 Å². The van der Waals surface area contributed by atoms with Crippen molar-refractivity contribution in [2.75, 3.05) is 6.61 Å². The largest absolute Gasteiger partial charge is 0.469 e. The van der Waals surface area contributed by atoms with E-state index in [1.54, 1.807) is 6.26 Å². The molecule has 0 bridgehead atoms. The Morgan fingerprint density at radius 3 is 2.71 bits per heavy atom. The van der Waals surface area contributed by atoms with Crippen molar-refractivity contribution in [1.29, 1.82) is 0 Å². The summed E-state index contributed by atoms with van der Waals surface area (Å²) in [6.45, 7) is 4.83. The van der Waals surface area contributed by atoms with E-state index in [0.29, 0.717) is 13.0 Å². The lowest BCUT2D eigenvalue weighted by Gasteiger charge is -2.36. The van der Waals surface area contributed by atoms with Gasteiger partial charge in [0.25, 0.3) is 0 Å². The Balaban J connectivity index is 1.68. The molecule has 128 valence electrons. The maximum atomic E-state index is 12.6. The number of amides is 1. The number of furan rings is 1. The molecule has 0 radical (unpaired) electrons. The summed E-state index contributed by atoms with van der Waals surface area (Å²) in [5, 5.41) is 3.18. The lowest BCUT2D eigenvalue weighted by Crippen LogP contribution is -2.46. The lowest BCUT2D eigenvalue weighted by atomic mass is 9.91. The highest BCUT2D eigenvalue weighted by Gasteiger charge is 2.30. The molecule has 1 amide bonds. The van der Waals surface area contributed by atoms with Crippen LogP contribution in [0, 0.1) is 0 Å². The Labute approximate surface area is 143 Å². The molecule has 1 saturated heterocycles. The molecule has 1 aromatic heterocycles. The third-order valence-electron chi connectivity index (χ3n) is 4.54. The van der Waals surface area contributed by atoms with Gasteiger partial charge < -0.3 is 14.5 Å².